The highest BCUT2D eigenvalue weighted by Crippen LogP contribution is 2.31. The first-order valence-electron chi connectivity index (χ1n) is 7.91. The standard InChI is InChI=1S/C20H20FNO/c1-14-3-6-16(7-4-14)8-12-20(23)22-15(2)5-9-17-13-18(21)10-11-19(17)22/h3-4,6-8,10-13,15H,5,9H2,1-2H3. The molecule has 118 valence electrons. The van der Waals surface area contributed by atoms with Gasteiger partial charge in [0.05, 0.1) is 0 Å². The Morgan fingerprint density at radius 3 is 2.70 bits per heavy atom. The lowest BCUT2D eigenvalue weighted by molar-refractivity contribution is -0.114. The highest BCUT2D eigenvalue weighted by molar-refractivity contribution is 6.05. The second kappa shape index (κ2) is 6.37. The fraction of sp³-hybridized carbons (Fsp3) is 0.250. The molecule has 0 aliphatic carbocycles. The van der Waals surface area contributed by atoms with Crippen LogP contribution in [0.1, 0.15) is 30.0 Å². The van der Waals surface area contributed by atoms with Gasteiger partial charge >= 0.3 is 0 Å². The van der Waals surface area contributed by atoms with Gasteiger partial charge in [0.25, 0.3) is 5.91 Å². The number of carbonyl (C=O) groups excluding carboxylic acids is 1. The Balaban J connectivity index is 1.85. The molecule has 1 heterocycles. The largest absolute Gasteiger partial charge is 0.306 e. The third kappa shape index (κ3) is 3.34. The lowest BCUT2D eigenvalue weighted by Crippen LogP contribution is -2.41. The molecule has 1 atom stereocenters. The van der Waals surface area contributed by atoms with Gasteiger partial charge in [-0.25, -0.2) is 4.39 Å². The summed E-state index contributed by atoms with van der Waals surface area (Å²) in [5.74, 6) is -0.313. The van der Waals surface area contributed by atoms with E-state index in [4.69, 9.17) is 0 Å². The van der Waals surface area contributed by atoms with Crippen LogP contribution in [0.2, 0.25) is 0 Å². The number of nitrogens with zero attached hydrogens (tertiary/aromatic N) is 1. The van der Waals surface area contributed by atoms with Gasteiger partial charge < -0.3 is 4.90 Å². The number of hydrogen-bond donors (Lipinski definition) is 0. The summed E-state index contributed by atoms with van der Waals surface area (Å²) in [6, 6.07) is 12.8. The Morgan fingerprint density at radius 1 is 1.22 bits per heavy atom. The molecule has 0 saturated heterocycles. The van der Waals surface area contributed by atoms with Gasteiger partial charge in [0.2, 0.25) is 0 Å². The Bertz CT molecular complexity index is 749. The van der Waals surface area contributed by atoms with Crippen LogP contribution >= 0.6 is 0 Å². The van der Waals surface area contributed by atoms with Crippen molar-refractivity contribution in [3.63, 3.8) is 0 Å². The van der Waals surface area contributed by atoms with Crippen molar-refractivity contribution < 1.29 is 9.18 Å². The van der Waals surface area contributed by atoms with E-state index in [1.165, 1.54) is 17.7 Å². The predicted octanol–water partition coefficient (Wildman–Crippen LogP) is 4.52. The zero-order valence-corrected chi connectivity index (χ0v) is 13.4. The van der Waals surface area contributed by atoms with Crippen LogP contribution in [0.4, 0.5) is 10.1 Å². The molecule has 0 fully saturated rings. The number of benzene rings is 2. The Hall–Kier alpha value is -2.42. The molecule has 0 bridgehead atoms. The number of halogens is 1. The third-order valence-corrected chi connectivity index (χ3v) is 4.31. The lowest BCUT2D eigenvalue weighted by Gasteiger charge is -2.34. The molecule has 0 radical (unpaired) electrons. The van der Waals surface area contributed by atoms with Crippen molar-refractivity contribution in [3.8, 4) is 0 Å². The molecule has 0 aromatic heterocycles. The van der Waals surface area contributed by atoms with Crippen LogP contribution in [0.3, 0.4) is 0 Å². The maximum atomic E-state index is 13.4. The minimum atomic E-state index is -0.249. The molecule has 0 N–H and O–H groups in total. The van der Waals surface area contributed by atoms with E-state index in [1.54, 1.807) is 17.0 Å². The Morgan fingerprint density at radius 2 is 1.96 bits per heavy atom. The Kier molecular flexibility index (Phi) is 4.28. The molecule has 2 aromatic rings. The molecule has 1 unspecified atom stereocenters. The molecule has 0 spiro atoms. The highest BCUT2D eigenvalue weighted by atomic mass is 19.1. The number of fused-ring (bicyclic) bond motifs is 1. The summed E-state index contributed by atoms with van der Waals surface area (Å²) >= 11 is 0. The zero-order chi connectivity index (χ0) is 16.4. The van der Waals surface area contributed by atoms with Crippen LogP contribution in [0.15, 0.2) is 48.5 Å². The summed E-state index contributed by atoms with van der Waals surface area (Å²) in [7, 11) is 0. The van der Waals surface area contributed by atoms with Gasteiger partial charge in [0.1, 0.15) is 5.82 Å². The van der Waals surface area contributed by atoms with E-state index in [2.05, 4.69) is 0 Å². The molecule has 0 saturated carbocycles. The van der Waals surface area contributed by atoms with Crippen LogP contribution in [-0.2, 0) is 11.2 Å². The molecular formula is C20H20FNO. The number of anilines is 1. The van der Waals surface area contributed by atoms with Gasteiger partial charge in [-0.05, 0) is 62.1 Å². The number of aryl methyl sites for hydroxylation is 2. The van der Waals surface area contributed by atoms with Crippen LogP contribution in [0.5, 0.6) is 0 Å². The molecule has 1 amide bonds. The van der Waals surface area contributed by atoms with E-state index in [-0.39, 0.29) is 17.8 Å². The topological polar surface area (TPSA) is 20.3 Å². The fourth-order valence-corrected chi connectivity index (χ4v) is 2.98. The average molecular weight is 309 g/mol. The predicted molar refractivity (Wildman–Crippen MR) is 91.9 cm³/mol. The maximum Gasteiger partial charge on any atom is 0.251 e. The first-order valence-corrected chi connectivity index (χ1v) is 7.91. The molecule has 2 nitrogen and oxygen atoms in total. The van der Waals surface area contributed by atoms with Crippen molar-refractivity contribution in [3.05, 3.63) is 71.0 Å². The fourth-order valence-electron chi connectivity index (χ4n) is 2.98. The summed E-state index contributed by atoms with van der Waals surface area (Å²) in [5, 5.41) is 0. The molecule has 1 aliphatic rings. The maximum absolute atomic E-state index is 13.4. The highest BCUT2D eigenvalue weighted by Gasteiger charge is 2.27. The minimum absolute atomic E-state index is 0.0642. The van der Waals surface area contributed by atoms with Gasteiger partial charge in [0, 0.05) is 17.8 Å². The van der Waals surface area contributed by atoms with E-state index in [0.29, 0.717) is 0 Å². The van der Waals surface area contributed by atoms with Crippen molar-refractivity contribution in [2.75, 3.05) is 4.90 Å². The van der Waals surface area contributed by atoms with Gasteiger partial charge in [-0.1, -0.05) is 29.8 Å². The number of carbonyl (C=O) groups is 1. The van der Waals surface area contributed by atoms with Crippen LogP contribution in [0.25, 0.3) is 6.08 Å². The molecule has 3 heteroatoms. The Labute approximate surface area is 136 Å². The van der Waals surface area contributed by atoms with E-state index < -0.39 is 0 Å². The number of hydrogen-bond acceptors (Lipinski definition) is 1. The SMILES string of the molecule is Cc1ccc(C=CC(=O)N2c3ccc(F)cc3CCC2C)cc1. The van der Waals surface area contributed by atoms with E-state index in [0.717, 1.165) is 29.7 Å². The summed E-state index contributed by atoms with van der Waals surface area (Å²) in [5.41, 5.74) is 3.91. The van der Waals surface area contributed by atoms with Gasteiger partial charge in [-0.15, -0.1) is 0 Å². The van der Waals surface area contributed by atoms with Crippen molar-refractivity contribution in [2.24, 2.45) is 0 Å². The second-order valence-corrected chi connectivity index (χ2v) is 6.11. The summed E-state index contributed by atoms with van der Waals surface area (Å²) < 4.78 is 13.4. The summed E-state index contributed by atoms with van der Waals surface area (Å²) in [4.78, 5) is 14.4. The quantitative estimate of drug-likeness (QED) is 0.747. The van der Waals surface area contributed by atoms with Crippen molar-refractivity contribution in [1.82, 2.24) is 0 Å². The zero-order valence-electron chi connectivity index (χ0n) is 13.4. The minimum Gasteiger partial charge on any atom is -0.306 e. The lowest BCUT2D eigenvalue weighted by atomic mass is 9.96. The van der Waals surface area contributed by atoms with E-state index in [1.807, 2.05) is 44.2 Å². The van der Waals surface area contributed by atoms with Crippen molar-refractivity contribution in [1.29, 1.82) is 0 Å². The number of amides is 1. The average Bonchev–Trinajstić information content (AvgIpc) is 2.54. The molecular weight excluding hydrogens is 289 g/mol. The summed E-state index contributed by atoms with van der Waals surface area (Å²) in [6.45, 7) is 4.06. The second-order valence-electron chi connectivity index (χ2n) is 6.11. The van der Waals surface area contributed by atoms with E-state index >= 15 is 0 Å². The molecule has 3 rings (SSSR count). The molecule has 23 heavy (non-hydrogen) atoms. The van der Waals surface area contributed by atoms with Gasteiger partial charge in [-0.3, -0.25) is 4.79 Å². The van der Waals surface area contributed by atoms with Gasteiger partial charge in [0.15, 0.2) is 0 Å². The first kappa shape index (κ1) is 15.5. The number of rotatable bonds is 2. The molecule has 1 aliphatic heterocycles. The van der Waals surface area contributed by atoms with Crippen LogP contribution in [0, 0.1) is 12.7 Å². The molecule has 2 aromatic carbocycles. The van der Waals surface area contributed by atoms with Crippen LogP contribution < -0.4 is 4.90 Å². The van der Waals surface area contributed by atoms with Crippen molar-refractivity contribution in [2.45, 2.75) is 32.7 Å². The monoisotopic (exact) mass is 309 g/mol. The van der Waals surface area contributed by atoms with Gasteiger partial charge in [-0.2, -0.15) is 0 Å². The normalized spacial score (nSPS) is 17.3. The van der Waals surface area contributed by atoms with E-state index in [9.17, 15) is 9.18 Å². The summed E-state index contributed by atoms with van der Waals surface area (Å²) in [6.07, 6.45) is 5.08. The third-order valence-electron chi connectivity index (χ3n) is 4.31. The smallest absolute Gasteiger partial charge is 0.251 e. The first-order chi connectivity index (χ1) is 11.0. The van der Waals surface area contributed by atoms with Crippen molar-refractivity contribution >= 4 is 17.7 Å². The van der Waals surface area contributed by atoms with Crippen LogP contribution in [-0.4, -0.2) is 11.9 Å².